The Morgan fingerprint density at radius 1 is 1.19 bits per heavy atom. The predicted octanol–water partition coefficient (Wildman–Crippen LogP) is 1.06. The fraction of sp³-hybridized carbons (Fsp3) is 0.533. The third-order valence-electron chi connectivity index (χ3n) is 4.81. The van der Waals surface area contributed by atoms with Crippen molar-refractivity contribution in [1.82, 2.24) is 24.6 Å². The molecule has 2 aliphatic rings. The zero-order chi connectivity index (χ0) is 14.3. The third-order valence-corrected chi connectivity index (χ3v) is 4.81. The summed E-state index contributed by atoms with van der Waals surface area (Å²) in [5, 5.41) is 4.50. The number of hydrogen-bond donors (Lipinski definition) is 0. The van der Waals surface area contributed by atoms with E-state index in [1.807, 2.05) is 36.4 Å². The minimum absolute atomic E-state index is 0.302. The van der Waals surface area contributed by atoms with E-state index in [0.29, 0.717) is 5.54 Å². The van der Waals surface area contributed by atoms with Crippen LogP contribution in [-0.4, -0.2) is 49.8 Å². The number of aromatic nitrogens is 4. The summed E-state index contributed by atoms with van der Waals surface area (Å²) in [6.45, 7) is 4.19. The van der Waals surface area contributed by atoms with Crippen LogP contribution in [0.5, 0.6) is 0 Å². The van der Waals surface area contributed by atoms with Gasteiger partial charge in [-0.3, -0.25) is 9.58 Å². The van der Waals surface area contributed by atoms with Crippen LogP contribution in [0.2, 0.25) is 0 Å². The first-order valence-corrected chi connectivity index (χ1v) is 7.51. The molecule has 2 aromatic heterocycles. The lowest BCUT2D eigenvalue weighted by Crippen LogP contribution is -2.60. The van der Waals surface area contributed by atoms with Gasteiger partial charge in [0.1, 0.15) is 0 Å². The van der Waals surface area contributed by atoms with Gasteiger partial charge >= 0.3 is 0 Å². The van der Waals surface area contributed by atoms with E-state index in [1.165, 1.54) is 19.4 Å². The van der Waals surface area contributed by atoms with E-state index in [2.05, 4.69) is 30.9 Å². The largest absolute Gasteiger partial charge is 0.339 e. The minimum atomic E-state index is 0.302. The van der Waals surface area contributed by atoms with Gasteiger partial charge in [-0.2, -0.15) is 5.10 Å². The van der Waals surface area contributed by atoms with Gasteiger partial charge in [0.25, 0.3) is 0 Å². The molecule has 4 rings (SSSR count). The van der Waals surface area contributed by atoms with Crippen molar-refractivity contribution in [1.29, 1.82) is 0 Å². The summed E-state index contributed by atoms with van der Waals surface area (Å²) >= 11 is 0. The monoisotopic (exact) mass is 284 g/mol. The molecule has 6 nitrogen and oxygen atoms in total. The molecule has 110 valence electrons. The highest BCUT2D eigenvalue weighted by atomic mass is 15.4. The van der Waals surface area contributed by atoms with Gasteiger partial charge in [0, 0.05) is 57.4 Å². The standard InChI is InChI=1S/C15H20N6/c1-19-8-3-13(18-19)11-21-10-5-15(21)4-9-20(12-15)14-16-6-2-7-17-14/h2-3,6-8H,4-5,9-12H2,1H3. The highest BCUT2D eigenvalue weighted by Gasteiger charge is 2.49. The Morgan fingerprint density at radius 2 is 2.00 bits per heavy atom. The van der Waals surface area contributed by atoms with Crippen LogP contribution in [0.15, 0.2) is 30.7 Å². The van der Waals surface area contributed by atoms with Crippen molar-refractivity contribution < 1.29 is 0 Å². The molecule has 0 N–H and O–H groups in total. The Bertz CT molecular complexity index is 624. The number of likely N-dealkylation sites (tertiary alicyclic amines) is 1. The first-order chi connectivity index (χ1) is 10.3. The molecule has 2 fully saturated rings. The van der Waals surface area contributed by atoms with Crippen LogP contribution < -0.4 is 4.90 Å². The van der Waals surface area contributed by atoms with Gasteiger partial charge in [-0.1, -0.05) is 0 Å². The number of rotatable bonds is 3. The number of anilines is 1. The Hall–Kier alpha value is -1.95. The van der Waals surface area contributed by atoms with Crippen LogP contribution in [0, 0.1) is 0 Å². The summed E-state index contributed by atoms with van der Waals surface area (Å²) < 4.78 is 1.88. The summed E-state index contributed by atoms with van der Waals surface area (Å²) in [4.78, 5) is 13.6. The van der Waals surface area contributed by atoms with Crippen LogP contribution in [0.4, 0.5) is 5.95 Å². The fourth-order valence-corrected chi connectivity index (χ4v) is 3.52. The van der Waals surface area contributed by atoms with Gasteiger partial charge in [-0.15, -0.1) is 0 Å². The van der Waals surface area contributed by atoms with Gasteiger partial charge in [0.2, 0.25) is 5.95 Å². The number of aryl methyl sites for hydroxylation is 1. The van der Waals surface area contributed by atoms with Crippen molar-refractivity contribution >= 4 is 5.95 Å². The van der Waals surface area contributed by atoms with Crippen molar-refractivity contribution in [3.8, 4) is 0 Å². The van der Waals surface area contributed by atoms with Gasteiger partial charge in [-0.05, 0) is 25.0 Å². The van der Waals surface area contributed by atoms with Crippen LogP contribution in [0.1, 0.15) is 18.5 Å². The predicted molar refractivity (Wildman–Crippen MR) is 79.8 cm³/mol. The molecule has 21 heavy (non-hydrogen) atoms. The second kappa shape index (κ2) is 4.80. The maximum atomic E-state index is 4.50. The fourth-order valence-electron chi connectivity index (χ4n) is 3.52. The Balaban J connectivity index is 1.46. The van der Waals surface area contributed by atoms with E-state index in [1.54, 1.807) is 0 Å². The van der Waals surface area contributed by atoms with E-state index in [4.69, 9.17) is 0 Å². The van der Waals surface area contributed by atoms with Crippen LogP contribution in [0.25, 0.3) is 0 Å². The molecule has 0 saturated carbocycles. The van der Waals surface area contributed by atoms with E-state index < -0.39 is 0 Å². The second-order valence-electron chi connectivity index (χ2n) is 6.10. The van der Waals surface area contributed by atoms with Crippen molar-refractivity contribution in [2.75, 3.05) is 24.5 Å². The van der Waals surface area contributed by atoms with E-state index in [9.17, 15) is 0 Å². The van der Waals surface area contributed by atoms with E-state index in [0.717, 1.165) is 31.3 Å². The van der Waals surface area contributed by atoms with Crippen LogP contribution in [0.3, 0.4) is 0 Å². The molecule has 2 aromatic rings. The molecule has 1 atom stereocenters. The summed E-state index contributed by atoms with van der Waals surface area (Å²) in [6.07, 6.45) is 8.11. The lowest BCUT2D eigenvalue weighted by molar-refractivity contribution is -0.00596. The summed E-state index contributed by atoms with van der Waals surface area (Å²) in [7, 11) is 1.97. The molecule has 1 spiro atoms. The molecule has 4 heterocycles. The van der Waals surface area contributed by atoms with Gasteiger partial charge < -0.3 is 4.90 Å². The maximum absolute atomic E-state index is 4.50. The summed E-state index contributed by atoms with van der Waals surface area (Å²) in [5.74, 6) is 0.860. The smallest absolute Gasteiger partial charge is 0.225 e. The summed E-state index contributed by atoms with van der Waals surface area (Å²) in [6, 6.07) is 3.98. The topological polar surface area (TPSA) is 50.1 Å². The first kappa shape index (κ1) is 12.8. The van der Waals surface area contributed by atoms with Gasteiger partial charge in [0.05, 0.1) is 5.69 Å². The van der Waals surface area contributed by atoms with E-state index >= 15 is 0 Å². The van der Waals surface area contributed by atoms with Crippen molar-refractivity contribution in [3.63, 3.8) is 0 Å². The average molecular weight is 284 g/mol. The normalized spacial score (nSPS) is 25.5. The zero-order valence-electron chi connectivity index (χ0n) is 12.3. The highest BCUT2D eigenvalue weighted by Crippen LogP contribution is 2.40. The van der Waals surface area contributed by atoms with Crippen LogP contribution >= 0.6 is 0 Å². The lowest BCUT2D eigenvalue weighted by atomic mass is 9.83. The second-order valence-corrected chi connectivity index (χ2v) is 6.10. The molecule has 2 aliphatic heterocycles. The highest BCUT2D eigenvalue weighted by molar-refractivity contribution is 5.34. The molecule has 0 radical (unpaired) electrons. The molecule has 0 aliphatic carbocycles. The van der Waals surface area contributed by atoms with E-state index in [-0.39, 0.29) is 0 Å². The molecule has 0 aromatic carbocycles. The minimum Gasteiger partial charge on any atom is -0.339 e. The number of nitrogens with zero attached hydrogens (tertiary/aromatic N) is 6. The quantitative estimate of drug-likeness (QED) is 0.843. The summed E-state index contributed by atoms with van der Waals surface area (Å²) in [5.41, 5.74) is 1.46. The van der Waals surface area contributed by atoms with Crippen molar-refractivity contribution in [2.24, 2.45) is 7.05 Å². The SMILES string of the molecule is Cn1ccc(CN2CCC23CCN(c2ncccn2)C3)n1. The molecule has 2 saturated heterocycles. The maximum Gasteiger partial charge on any atom is 0.225 e. The zero-order valence-corrected chi connectivity index (χ0v) is 12.3. The number of hydrogen-bond acceptors (Lipinski definition) is 5. The van der Waals surface area contributed by atoms with Crippen LogP contribution in [-0.2, 0) is 13.6 Å². The first-order valence-electron chi connectivity index (χ1n) is 7.51. The van der Waals surface area contributed by atoms with Crippen molar-refractivity contribution in [3.05, 3.63) is 36.4 Å². The Kier molecular flexibility index (Phi) is 2.92. The average Bonchev–Trinajstić information content (AvgIpc) is 3.13. The Labute approximate surface area is 124 Å². The molecular weight excluding hydrogens is 264 g/mol. The molecule has 0 amide bonds. The third kappa shape index (κ3) is 2.19. The van der Waals surface area contributed by atoms with Gasteiger partial charge in [0.15, 0.2) is 0 Å². The molecule has 0 bridgehead atoms. The molecular formula is C15H20N6. The van der Waals surface area contributed by atoms with Crippen molar-refractivity contribution in [2.45, 2.75) is 24.9 Å². The molecule has 6 heteroatoms. The lowest BCUT2D eigenvalue weighted by Gasteiger charge is -2.50. The van der Waals surface area contributed by atoms with Gasteiger partial charge in [-0.25, -0.2) is 9.97 Å². The molecule has 1 unspecified atom stereocenters. The Morgan fingerprint density at radius 3 is 2.67 bits per heavy atom.